The Kier molecular flexibility index (Phi) is 7.75. The van der Waals surface area contributed by atoms with Crippen LogP contribution in [0.25, 0.3) is 0 Å². The lowest BCUT2D eigenvalue weighted by Gasteiger charge is -2.47. The third-order valence-electron chi connectivity index (χ3n) is 8.02. The van der Waals surface area contributed by atoms with Crippen LogP contribution in [0, 0.1) is 11.8 Å². The number of thioether (sulfide) groups is 1. The Bertz CT molecular complexity index is 1290. The number of aromatic nitrogens is 4. The summed E-state index contributed by atoms with van der Waals surface area (Å²) >= 11 is 1.34. The van der Waals surface area contributed by atoms with Gasteiger partial charge in [0, 0.05) is 47.8 Å². The molecule has 0 unspecified atom stereocenters. The highest BCUT2D eigenvalue weighted by Crippen LogP contribution is 2.52. The van der Waals surface area contributed by atoms with Gasteiger partial charge in [-0.05, 0) is 30.2 Å². The van der Waals surface area contributed by atoms with Crippen LogP contribution < -0.4 is 16.4 Å². The van der Waals surface area contributed by atoms with E-state index in [2.05, 4.69) is 26.2 Å². The van der Waals surface area contributed by atoms with Crippen LogP contribution in [0.2, 0.25) is 0 Å². The maximum atomic E-state index is 13.1. The van der Waals surface area contributed by atoms with Crippen molar-refractivity contribution in [2.75, 3.05) is 19.6 Å². The number of carbonyl (C=O) groups is 4. The summed E-state index contributed by atoms with van der Waals surface area (Å²) in [6.07, 6.45) is -3.61. The Balaban J connectivity index is 1.23. The lowest BCUT2D eigenvalue weighted by molar-refractivity contribution is -0.158. The molecule has 7 atom stereocenters. The molecule has 0 aliphatic carbocycles. The Morgan fingerprint density at radius 1 is 1.32 bits per heavy atom. The number of alkyl halides is 3. The largest absolute Gasteiger partial charge is 0.477 e. The molecule has 1 aromatic rings. The highest BCUT2D eigenvalue weighted by atomic mass is 32.2. The van der Waals surface area contributed by atoms with Gasteiger partial charge in [-0.25, -0.2) is 9.48 Å². The van der Waals surface area contributed by atoms with E-state index in [-0.39, 0.29) is 28.8 Å². The molecule has 41 heavy (non-hydrogen) atoms. The molecule has 3 fully saturated rings. The van der Waals surface area contributed by atoms with E-state index in [1.165, 1.54) is 16.7 Å². The zero-order valence-corrected chi connectivity index (χ0v) is 23.0. The molecule has 14 nitrogen and oxygen atoms in total. The molecule has 5 N–H and O–H groups in total. The Labute approximate surface area is 236 Å². The number of fused-ring (bicyclic) bond motifs is 1. The number of rotatable bonds is 8. The molecule has 3 saturated heterocycles. The van der Waals surface area contributed by atoms with Crippen LogP contribution >= 0.6 is 11.8 Å². The van der Waals surface area contributed by atoms with Crippen LogP contribution in [0.1, 0.15) is 32.5 Å². The number of aliphatic carboxylic acids is 1. The first-order chi connectivity index (χ1) is 19.3. The molecular weight excluding hydrogens is 571 g/mol. The van der Waals surface area contributed by atoms with Crippen LogP contribution in [-0.2, 0) is 31.9 Å². The predicted octanol–water partition coefficient (Wildman–Crippen LogP) is -1.01. The average Bonchev–Trinajstić information content (AvgIpc) is 3.66. The molecule has 4 aliphatic rings. The lowest BCUT2D eigenvalue weighted by atomic mass is 9.78. The zero-order chi connectivity index (χ0) is 29.8. The van der Waals surface area contributed by atoms with Gasteiger partial charge >= 0.3 is 12.1 Å². The van der Waals surface area contributed by atoms with E-state index in [4.69, 9.17) is 5.73 Å². The van der Waals surface area contributed by atoms with Gasteiger partial charge in [-0.1, -0.05) is 6.92 Å². The van der Waals surface area contributed by atoms with Crippen LogP contribution in [0.3, 0.4) is 0 Å². The molecule has 0 saturated carbocycles. The number of nitrogens with two attached hydrogens (primary N) is 1. The quantitative estimate of drug-likeness (QED) is 0.267. The molecule has 3 amide bonds. The average molecular weight is 602 g/mol. The summed E-state index contributed by atoms with van der Waals surface area (Å²) in [4.78, 5) is 54.3. The molecule has 4 aliphatic heterocycles. The minimum absolute atomic E-state index is 0.0272. The second-order valence-corrected chi connectivity index (χ2v) is 12.2. The van der Waals surface area contributed by atoms with Crippen molar-refractivity contribution in [3.63, 3.8) is 0 Å². The lowest BCUT2D eigenvalue weighted by Crippen LogP contribution is -2.66. The number of carboxylic acids is 1. The Morgan fingerprint density at radius 3 is 2.68 bits per heavy atom. The molecular formula is C23H30F3N9O5S. The van der Waals surface area contributed by atoms with Gasteiger partial charge in [0.05, 0.1) is 18.0 Å². The van der Waals surface area contributed by atoms with Crippen molar-refractivity contribution in [2.45, 2.75) is 68.8 Å². The Hall–Kier alpha value is -3.25. The molecule has 5 heterocycles. The molecule has 1 aromatic heterocycles. The van der Waals surface area contributed by atoms with Gasteiger partial charge in [-0.15, -0.1) is 16.9 Å². The second-order valence-electron chi connectivity index (χ2n) is 10.8. The summed E-state index contributed by atoms with van der Waals surface area (Å²) in [5.41, 5.74) is 5.81. The van der Waals surface area contributed by atoms with Crippen molar-refractivity contribution in [1.29, 1.82) is 0 Å². The van der Waals surface area contributed by atoms with Gasteiger partial charge in [-0.2, -0.15) is 13.2 Å². The van der Waals surface area contributed by atoms with Gasteiger partial charge in [0.2, 0.25) is 17.7 Å². The minimum Gasteiger partial charge on any atom is -0.477 e. The smallest absolute Gasteiger partial charge is 0.453 e. The molecule has 0 aromatic carbocycles. The number of halogens is 3. The van der Waals surface area contributed by atoms with E-state index in [9.17, 15) is 37.5 Å². The van der Waals surface area contributed by atoms with Gasteiger partial charge in [-0.3, -0.25) is 14.4 Å². The molecule has 5 rings (SSSR count). The number of carboxylic acid groups (broad SMARTS) is 1. The molecule has 0 radical (unpaired) electrons. The highest BCUT2D eigenvalue weighted by molar-refractivity contribution is 8.03. The van der Waals surface area contributed by atoms with Gasteiger partial charge in [0.1, 0.15) is 12.2 Å². The van der Waals surface area contributed by atoms with E-state index in [1.807, 2.05) is 0 Å². The van der Waals surface area contributed by atoms with E-state index in [1.54, 1.807) is 18.7 Å². The molecule has 0 spiro atoms. The maximum absolute atomic E-state index is 13.1. The fourth-order valence-electron chi connectivity index (χ4n) is 6.10. The second kappa shape index (κ2) is 10.9. The summed E-state index contributed by atoms with van der Waals surface area (Å²) in [5.74, 6) is -5.21. The van der Waals surface area contributed by atoms with Gasteiger partial charge in [0.15, 0.2) is 0 Å². The van der Waals surface area contributed by atoms with Crippen LogP contribution in [-0.4, -0.2) is 108 Å². The number of likely N-dealkylation sites (tertiary alicyclic amines) is 1. The number of β-lactam (4-membered cyclic amide) rings is 1. The predicted molar refractivity (Wildman–Crippen MR) is 135 cm³/mol. The van der Waals surface area contributed by atoms with Crippen LogP contribution in [0.15, 0.2) is 10.6 Å². The summed E-state index contributed by atoms with van der Waals surface area (Å²) in [5, 5.41) is 24.7. The standard InChI is InChI=1S/C23H30F3N9O5S/c1-9-16-15(10(2)29-14(36)8-34-22(23(24,25)26)30-31-32-34)20(38)35(16)17(21(39)40)18(9)41-12-5-13(28-6-12)19(37)33-4-3-11(27)7-33/h9-13,15-16,28H,3-8,27H2,1-2H3,(H,29,36)(H,39,40)/t9-,10-,11-,12+,13+,15-,16-/m1/s1. The van der Waals surface area contributed by atoms with E-state index in [0.717, 1.165) is 6.42 Å². The summed E-state index contributed by atoms with van der Waals surface area (Å²) in [7, 11) is 0. The number of carbonyl (C=O) groups excluding carboxylic acids is 3. The number of hydrogen-bond acceptors (Lipinski definition) is 10. The van der Waals surface area contributed by atoms with Crippen molar-refractivity contribution in [3.8, 4) is 0 Å². The normalized spacial score (nSPS) is 30.4. The van der Waals surface area contributed by atoms with Gasteiger partial charge < -0.3 is 31.3 Å². The van der Waals surface area contributed by atoms with E-state index >= 15 is 0 Å². The molecule has 0 bridgehead atoms. The SMILES string of the molecule is C[C@@H](NC(=O)Cn1nnnc1C(F)(F)F)[C@H]1C(=O)N2C(C(=O)O)=C(S[C@@H]3CN[C@H](C(=O)N4CC[C@@H](N)C4)C3)[C@H](C)[C@H]12. The number of amides is 3. The summed E-state index contributed by atoms with van der Waals surface area (Å²) in [6, 6.07) is -1.79. The highest BCUT2D eigenvalue weighted by Gasteiger charge is 2.60. The minimum atomic E-state index is -4.85. The molecule has 18 heteroatoms. The molecule has 224 valence electrons. The van der Waals surface area contributed by atoms with Crippen molar-refractivity contribution in [1.82, 2.24) is 40.6 Å². The van der Waals surface area contributed by atoms with Crippen LogP contribution in [0.4, 0.5) is 13.2 Å². The fourth-order valence-corrected chi connectivity index (χ4v) is 7.58. The fraction of sp³-hybridized carbons (Fsp3) is 0.696. The number of hydrogen-bond donors (Lipinski definition) is 4. The van der Waals surface area contributed by atoms with E-state index < -0.39 is 60.4 Å². The van der Waals surface area contributed by atoms with Gasteiger partial charge in [0.25, 0.3) is 5.82 Å². The van der Waals surface area contributed by atoms with Crippen molar-refractivity contribution in [3.05, 3.63) is 16.4 Å². The summed E-state index contributed by atoms with van der Waals surface area (Å²) < 4.78 is 39.4. The number of nitrogens with one attached hydrogen (secondary N) is 2. The van der Waals surface area contributed by atoms with Crippen molar-refractivity contribution in [2.24, 2.45) is 17.6 Å². The first-order valence-corrected chi connectivity index (χ1v) is 14.0. The monoisotopic (exact) mass is 601 g/mol. The Morgan fingerprint density at radius 2 is 2.05 bits per heavy atom. The summed E-state index contributed by atoms with van der Waals surface area (Å²) in [6.45, 7) is 4.13. The topological polar surface area (TPSA) is 189 Å². The zero-order valence-electron chi connectivity index (χ0n) is 22.2. The first-order valence-electron chi connectivity index (χ1n) is 13.2. The van der Waals surface area contributed by atoms with Crippen LogP contribution in [0.5, 0.6) is 0 Å². The van der Waals surface area contributed by atoms with Crippen molar-refractivity contribution < 1.29 is 37.5 Å². The van der Waals surface area contributed by atoms with E-state index in [0.29, 0.717) is 35.6 Å². The third-order valence-corrected chi connectivity index (χ3v) is 9.53. The van der Waals surface area contributed by atoms with Crippen molar-refractivity contribution >= 4 is 35.5 Å². The third kappa shape index (κ3) is 5.39. The number of nitrogens with zero attached hydrogens (tertiary/aromatic N) is 6. The number of tetrazole rings is 1. The maximum Gasteiger partial charge on any atom is 0.453 e. The first kappa shape index (κ1) is 29.2.